The van der Waals surface area contributed by atoms with Crippen molar-refractivity contribution >= 4 is 11.9 Å². The van der Waals surface area contributed by atoms with E-state index >= 15 is 0 Å². The molecule has 0 spiro atoms. The predicted molar refractivity (Wildman–Crippen MR) is 299 cm³/mol. The Morgan fingerprint density at radius 2 is 0.703 bits per heavy atom. The van der Waals surface area contributed by atoms with Crippen molar-refractivity contribution in [2.45, 2.75) is 140 Å². The van der Waals surface area contributed by atoms with Gasteiger partial charge in [0.25, 0.3) is 0 Å². The molecule has 5 aromatic carbocycles. The first-order valence-electron chi connectivity index (χ1n) is 28.0. The molecule has 2 fully saturated rings. The summed E-state index contributed by atoms with van der Waals surface area (Å²) in [4.78, 5) is 22.2. The smallest absolute Gasteiger partial charge is 0.330 e. The van der Waals surface area contributed by atoms with Crippen LogP contribution in [0.4, 0.5) is 0 Å². The number of rotatable bonds is 32. The molecule has 2 aliphatic carbocycles. The largest absolute Gasteiger partial charge is 0.494 e. The average Bonchev–Trinajstić information content (AvgIpc) is 3.45. The van der Waals surface area contributed by atoms with Gasteiger partial charge in [-0.15, -0.1) is 0 Å². The van der Waals surface area contributed by atoms with E-state index in [9.17, 15) is 9.59 Å². The minimum Gasteiger partial charge on any atom is -0.494 e. The number of carbonyl (C=O) groups is 2. The summed E-state index contributed by atoms with van der Waals surface area (Å²) in [5.74, 6) is 5.64. The first-order valence-corrected chi connectivity index (χ1v) is 28.0. The molecule has 2 saturated carbocycles. The number of esters is 2. The Hall–Kier alpha value is -6.28. The van der Waals surface area contributed by atoms with Crippen LogP contribution in [0, 0.1) is 11.8 Å². The van der Waals surface area contributed by atoms with Gasteiger partial charge in [0, 0.05) is 12.2 Å². The van der Waals surface area contributed by atoms with Gasteiger partial charge in [-0.05, 0) is 222 Å². The minimum absolute atomic E-state index is 0.355. The lowest BCUT2D eigenvalue weighted by atomic mass is 9.77. The summed E-state index contributed by atoms with van der Waals surface area (Å²) >= 11 is 0. The molecule has 0 aliphatic heterocycles. The van der Waals surface area contributed by atoms with Crippen molar-refractivity contribution in [1.29, 1.82) is 0 Å². The van der Waals surface area contributed by atoms with Crippen LogP contribution in [0.3, 0.4) is 0 Å². The molecule has 0 heterocycles. The third kappa shape index (κ3) is 18.9. The van der Waals surface area contributed by atoms with Crippen LogP contribution in [0.15, 0.2) is 147 Å². The van der Waals surface area contributed by atoms with E-state index in [-0.39, 0.29) is 11.9 Å². The lowest BCUT2D eigenvalue weighted by Gasteiger charge is -2.29. The molecule has 5 aromatic rings. The SMILES string of the molecule is C=CC(=O)OCCCCCCOc1ccc(-c2ccc(C3CCC(CCCOc4ccccc4OCCCC4CCC(c5ccc(-c6ccc(OCCCCCCOC(=O)C=C)cc6)cc5)CC4)CC3)cc2)cc1. The number of unbranched alkanes of at least 4 members (excludes halogenated alkanes) is 6. The fourth-order valence-electron chi connectivity index (χ4n) is 10.7. The summed E-state index contributed by atoms with van der Waals surface area (Å²) in [5, 5.41) is 0. The second kappa shape index (κ2) is 31.5. The Bertz CT molecular complexity index is 2220. The van der Waals surface area contributed by atoms with Crippen molar-refractivity contribution < 1.29 is 38.0 Å². The van der Waals surface area contributed by atoms with E-state index in [1.807, 2.05) is 12.1 Å². The van der Waals surface area contributed by atoms with Crippen LogP contribution >= 0.6 is 0 Å². The first-order chi connectivity index (χ1) is 36.4. The zero-order chi connectivity index (χ0) is 51.4. The van der Waals surface area contributed by atoms with Crippen LogP contribution in [0.2, 0.25) is 0 Å². The summed E-state index contributed by atoms with van der Waals surface area (Å²) in [6, 6.07) is 43.5. The van der Waals surface area contributed by atoms with Gasteiger partial charge in [-0.1, -0.05) is 98.1 Å². The Labute approximate surface area is 442 Å². The van der Waals surface area contributed by atoms with Gasteiger partial charge in [0.2, 0.25) is 0 Å². The molecule has 0 amide bonds. The van der Waals surface area contributed by atoms with Crippen molar-refractivity contribution in [3.05, 3.63) is 158 Å². The second-order valence-corrected chi connectivity index (χ2v) is 20.4. The molecular formula is C66H82O8. The lowest BCUT2D eigenvalue weighted by Crippen LogP contribution is -2.14. The van der Waals surface area contributed by atoms with Gasteiger partial charge in [0.1, 0.15) is 11.5 Å². The van der Waals surface area contributed by atoms with Gasteiger partial charge in [0.15, 0.2) is 11.5 Å². The number of hydrogen-bond donors (Lipinski definition) is 0. The van der Waals surface area contributed by atoms with E-state index in [1.165, 1.54) is 110 Å². The number of hydrogen-bond acceptors (Lipinski definition) is 8. The summed E-state index contributed by atoms with van der Waals surface area (Å²) in [6.45, 7) is 10.6. The monoisotopic (exact) mass is 1000 g/mol. The van der Waals surface area contributed by atoms with Crippen LogP contribution in [0.5, 0.6) is 23.0 Å². The summed E-state index contributed by atoms with van der Waals surface area (Å²) in [6.07, 6.45) is 24.9. The maximum absolute atomic E-state index is 11.1. The van der Waals surface area contributed by atoms with Crippen LogP contribution in [0.25, 0.3) is 22.3 Å². The molecule has 2 aliphatic rings. The zero-order valence-corrected chi connectivity index (χ0v) is 44.1. The minimum atomic E-state index is -0.355. The molecular weight excluding hydrogens is 921 g/mol. The fraction of sp³-hybridized carbons (Fsp3) is 0.455. The average molecular weight is 1000 g/mol. The third-order valence-electron chi connectivity index (χ3n) is 15.1. The summed E-state index contributed by atoms with van der Waals surface area (Å²) in [5.41, 5.74) is 7.82. The molecule has 0 atom stereocenters. The number of para-hydroxylation sites is 2. The Morgan fingerprint density at radius 3 is 1.05 bits per heavy atom. The van der Waals surface area contributed by atoms with E-state index in [2.05, 4.69) is 122 Å². The van der Waals surface area contributed by atoms with Crippen molar-refractivity contribution in [1.82, 2.24) is 0 Å². The molecule has 394 valence electrons. The van der Waals surface area contributed by atoms with E-state index in [0.717, 1.165) is 112 Å². The van der Waals surface area contributed by atoms with Crippen molar-refractivity contribution in [3.63, 3.8) is 0 Å². The summed E-state index contributed by atoms with van der Waals surface area (Å²) in [7, 11) is 0. The first kappa shape index (κ1) is 55.5. The van der Waals surface area contributed by atoms with Gasteiger partial charge in [-0.25, -0.2) is 9.59 Å². The second-order valence-electron chi connectivity index (χ2n) is 20.4. The van der Waals surface area contributed by atoms with Gasteiger partial charge in [-0.3, -0.25) is 0 Å². The molecule has 0 aromatic heterocycles. The van der Waals surface area contributed by atoms with E-state index in [0.29, 0.717) is 38.3 Å². The fourth-order valence-corrected chi connectivity index (χ4v) is 10.7. The molecule has 0 bridgehead atoms. The van der Waals surface area contributed by atoms with Gasteiger partial charge in [-0.2, -0.15) is 0 Å². The van der Waals surface area contributed by atoms with Crippen molar-refractivity contribution in [2.75, 3.05) is 39.6 Å². The zero-order valence-electron chi connectivity index (χ0n) is 44.1. The lowest BCUT2D eigenvalue weighted by molar-refractivity contribution is -0.138. The van der Waals surface area contributed by atoms with Gasteiger partial charge in [0.05, 0.1) is 39.6 Å². The maximum Gasteiger partial charge on any atom is 0.330 e. The Kier molecular flexibility index (Phi) is 23.6. The Balaban J connectivity index is 0.710. The number of benzene rings is 5. The third-order valence-corrected chi connectivity index (χ3v) is 15.1. The molecule has 7 rings (SSSR count). The highest BCUT2D eigenvalue weighted by molar-refractivity contribution is 5.81. The highest BCUT2D eigenvalue weighted by atomic mass is 16.5. The number of carbonyl (C=O) groups excluding carboxylic acids is 2. The van der Waals surface area contributed by atoms with E-state index < -0.39 is 0 Å². The predicted octanol–water partition coefficient (Wildman–Crippen LogP) is 16.6. The van der Waals surface area contributed by atoms with Crippen LogP contribution in [-0.4, -0.2) is 51.6 Å². The standard InChI is InChI=1S/C66H82O8/c1-3-65(67)73-47-13-7-5-11-45-69-61-41-37-59(38-42-61)57-33-29-55(30-34-57)53-25-21-51(22-26-53)17-15-49-71-63-19-9-10-20-64(63)72-50-16-18-52-23-27-54(28-24-52)56-31-35-58(36-32-56)60-39-43-62(44-40-60)70-46-12-6-8-14-48-74-66(68)4-2/h3-4,9-10,19-20,29-44,51-54H,1-2,5-8,11-18,21-28,45-50H2. The van der Waals surface area contributed by atoms with Crippen LogP contribution in [-0.2, 0) is 19.1 Å². The molecule has 0 saturated heterocycles. The molecule has 0 N–H and O–H groups in total. The molecule has 0 radical (unpaired) electrons. The normalized spacial score (nSPS) is 17.4. The van der Waals surface area contributed by atoms with Gasteiger partial charge >= 0.3 is 11.9 Å². The highest BCUT2D eigenvalue weighted by Gasteiger charge is 2.24. The van der Waals surface area contributed by atoms with Crippen molar-refractivity contribution in [2.24, 2.45) is 11.8 Å². The Morgan fingerprint density at radius 1 is 0.378 bits per heavy atom. The molecule has 8 nitrogen and oxygen atoms in total. The van der Waals surface area contributed by atoms with E-state index in [1.54, 1.807) is 0 Å². The van der Waals surface area contributed by atoms with E-state index in [4.69, 9.17) is 28.4 Å². The molecule has 0 unspecified atom stereocenters. The van der Waals surface area contributed by atoms with Gasteiger partial charge < -0.3 is 28.4 Å². The highest BCUT2D eigenvalue weighted by Crippen LogP contribution is 2.40. The molecule has 8 heteroatoms. The number of ether oxygens (including phenoxy) is 6. The maximum atomic E-state index is 11.1. The molecule has 74 heavy (non-hydrogen) atoms. The van der Waals surface area contributed by atoms with Crippen LogP contribution < -0.4 is 18.9 Å². The van der Waals surface area contributed by atoms with Crippen LogP contribution in [0.1, 0.15) is 151 Å². The summed E-state index contributed by atoms with van der Waals surface area (Å²) < 4.78 is 34.7. The topological polar surface area (TPSA) is 89.5 Å². The van der Waals surface area contributed by atoms with Crippen molar-refractivity contribution in [3.8, 4) is 45.3 Å². The quantitative estimate of drug-likeness (QED) is 0.0239.